The first-order chi connectivity index (χ1) is 14.3. The molecule has 0 fully saturated rings. The van der Waals surface area contributed by atoms with E-state index in [0.717, 1.165) is 17.7 Å². The number of aromatic nitrogens is 3. The molecule has 2 heterocycles. The third-order valence-corrected chi connectivity index (χ3v) is 5.98. The van der Waals surface area contributed by atoms with E-state index in [2.05, 4.69) is 24.1 Å². The SMILES string of the molecule is CC1(C)CC(=O)C2=C(C1)Nc1nc(-c3cccc(O)c3)nn1C2c1ccccc1Cl. The summed E-state index contributed by atoms with van der Waals surface area (Å²) < 4.78 is 1.73. The Bertz CT molecular complexity index is 1210. The number of benzene rings is 2. The van der Waals surface area contributed by atoms with E-state index in [4.69, 9.17) is 16.7 Å². The second-order valence-electron chi connectivity index (χ2n) is 8.64. The maximum atomic E-state index is 13.2. The molecule has 152 valence electrons. The Hall–Kier alpha value is -3.12. The first kappa shape index (κ1) is 18.9. The first-order valence-electron chi connectivity index (χ1n) is 9.86. The van der Waals surface area contributed by atoms with Gasteiger partial charge in [0.2, 0.25) is 5.95 Å². The summed E-state index contributed by atoms with van der Waals surface area (Å²) in [6, 6.07) is 13.9. The molecule has 2 N–H and O–H groups in total. The van der Waals surface area contributed by atoms with E-state index >= 15 is 0 Å². The van der Waals surface area contributed by atoms with Crippen molar-refractivity contribution in [2.24, 2.45) is 5.41 Å². The summed E-state index contributed by atoms with van der Waals surface area (Å²) in [6.07, 6.45) is 1.21. The normalized spacial score (nSPS) is 19.8. The summed E-state index contributed by atoms with van der Waals surface area (Å²) in [5.74, 6) is 1.27. The minimum Gasteiger partial charge on any atom is -0.508 e. The molecule has 3 aromatic rings. The van der Waals surface area contributed by atoms with Gasteiger partial charge in [-0.25, -0.2) is 4.68 Å². The molecule has 0 radical (unpaired) electrons. The molecule has 0 spiro atoms. The third kappa shape index (κ3) is 3.08. The topological polar surface area (TPSA) is 80.0 Å². The Morgan fingerprint density at radius 3 is 2.73 bits per heavy atom. The van der Waals surface area contributed by atoms with Gasteiger partial charge < -0.3 is 10.4 Å². The largest absolute Gasteiger partial charge is 0.508 e. The lowest BCUT2D eigenvalue weighted by Crippen LogP contribution is -2.36. The van der Waals surface area contributed by atoms with Gasteiger partial charge >= 0.3 is 0 Å². The average molecular weight is 421 g/mol. The molecule has 1 unspecified atom stereocenters. The van der Waals surface area contributed by atoms with Crippen LogP contribution >= 0.6 is 11.6 Å². The highest BCUT2D eigenvalue weighted by Crippen LogP contribution is 2.46. The third-order valence-electron chi connectivity index (χ3n) is 5.64. The Labute approximate surface area is 179 Å². The molecular formula is C23H21ClN4O2. The van der Waals surface area contributed by atoms with Crippen LogP contribution in [0.4, 0.5) is 5.95 Å². The van der Waals surface area contributed by atoms with Crippen molar-refractivity contribution in [3.8, 4) is 17.1 Å². The van der Waals surface area contributed by atoms with Crippen LogP contribution in [0.25, 0.3) is 11.4 Å². The van der Waals surface area contributed by atoms with Gasteiger partial charge in [-0.05, 0) is 30.0 Å². The highest BCUT2D eigenvalue weighted by Gasteiger charge is 2.42. The predicted octanol–water partition coefficient (Wildman–Crippen LogP) is 4.96. The van der Waals surface area contributed by atoms with Gasteiger partial charge in [-0.15, -0.1) is 5.10 Å². The number of anilines is 1. The zero-order chi connectivity index (χ0) is 21.0. The summed E-state index contributed by atoms with van der Waals surface area (Å²) in [5, 5.41) is 18.5. The molecule has 1 aliphatic heterocycles. The van der Waals surface area contributed by atoms with Crippen LogP contribution in [0.5, 0.6) is 5.75 Å². The van der Waals surface area contributed by atoms with E-state index in [1.54, 1.807) is 22.9 Å². The van der Waals surface area contributed by atoms with Crippen LogP contribution in [-0.4, -0.2) is 25.7 Å². The first-order valence-corrected chi connectivity index (χ1v) is 10.2. The van der Waals surface area contributed by atoms with E-state index in [0.29, 0.717) is 34.4 Å². The summed E-state index contributed by atoms with van der Waals surface area (Å²) in [4.78, 5) is 17.9. The average Bonchev–Trinajstić information content (AvgIpc) is 3.10. The fraction of sp³-hybridized carbons (Fsp3) is 0.261. The maximum absolute atomic E-state index is 13.2. The van der Waals surface area contributed by atoms with Crippen molar-refractivity contribution in [2.75, 3.05) is 5.32 Å². The van der Waals surface area contributed by atoms with Gasteiger partial charge in [-0.3, -0.25) is 4.79 Å². The number of phenols is 1. The van der Waals surface area contributed by atoms with Gasteiger partial charge in [-0.2, -0.15) is 4.98 Å². The molecule has 2 aliphatic rings. The number of aromatic hydroxyl groups is 1. The van der Waals surface area contributed by atoms with Gasteiger partial charge in [0.1, 0.15) is 11.8 Å². The number of halogens is 1. The summed E-state index contributed by atoms with van der Waals surface area (Å²) in [6.45, 7) is 4.19. The minimum absolute atomic E-state index is 0.0960. The summed E-state index contributed by atoms with van der Waals surface area (Å²) in [7, 11) is 0. The fourth-order valence-corrected chi connectivity index (χ4v) is 4.60. The molecule has 5 rings (SSSR count). The van der Waals surface area contributed by atoms with Crippen LogP contribution in [0.2, 0.25) is 5.02 Å². The molecule has 30 heavy (non-hydrogen) atoms. The number of rotatable bonds is 2. The number of ketones is 1. The number of hydrogen-bond acceptors (Lipinski definition) is 5. The van der Waals surface area contributed by atoms with Crippen molar-refractivity contribution in [3.63, 3.8) is 0 Å². The van der Waals surface area contributed by atoms with E-state index in [9.17, 15) is 9.90 Å². The molecule has 6 nitrogen and oxygen atoms in total. The van der Waals surface area contributed by atoms with Crippen molar-refractivity contribution < 1.29 is 9.90 Å². The van der Waals surface area contributed by atoms with Crippen molar-refractivity contribution in [2.45, 2.75) is 32.7 Å². The molecule has 0 saturated heterocycles. The van der Waals surface area contributed by atoms with E-state index in [-0.39, 0.29) is 16.9 Å². The highest BCUT2D eigenvalue weighted by molar-refractivity contribution is 6.31. The monoisotopic (exact) mass is 420 g/mol. The Balaban J connectivity index is 1.71. The maximum Gasteiger partial charge on any atom is 0.226 e. The van der Waals surface area contributed by atoms with Gasteiger partial charge in [0.25, 0.3) is 0 Å². The second kappa shape index (κ2) is 6.71. The Morgan fingerprint density at radius 2 is 1.97 bits per heavy atom. The number of carbonyl (C=O) groups excluding carboxylic acids is 1. The van der Waals surface area contributed by atoms with Crippen LogP contribution in [-0.2, 0) is 4.79 Å². The fourth-order valence-electron chi connectivity index (χ4n) is 4.36. The molecular weight excluding hydrogens is 400 g/mol. The van der Waals surface area contributed by atoms with Gasteiger partial charge in [-0.1, -0.05) is 55.8 Å². The zero-order valence-corrected chi connectivity index (χ0v) is 17.4. The number of hydrogen-bond donors (Lipinski definition) is 2. The Morgan fingerprint density at radius 1 is 1.17 bits per heavy atom. The molecule has 7 heteroatoms. The van der Waals surface area contributed by atoms with Gasteiger partial charge in [0.05, 0.1) is 0 Å². The quantitative estimate of drug-likeness (QED) is 0.612. The van der Waals surface area contributed by atoms with Crippen LogP contribution in [0.3, 0.4) is 0 Å². The van der Waals surface area contributed by atoms with Crippen LogP contribution in [0.15, 0.2) is 59.8 Å². The van der Waals surface area contributed by atoms with E-state index in [1.165, 1.54) is 0 Å². The summed E-state index contributed by atoms with van der Waals surface area (Å²) in [5.41, 5.74) is 2.95. The number of phenolic OH excluding ortho intramolecular Hbond substituents is 1. The standard InChI is InChI=1S/C23H21ClN4O2/c1-23(2)11-17-19(18(30)12-23)20(15-8-3-4-9-16(15)24)28-22(25-17)26-21(27-28)13-6-5-7-14(29)10-13/h3-10,20,29H,11-12H2,1-2H3,(H,25,26,27). The lowest BCUT2D eigenvalue weighted by molar-refractivity contribution is -0.118. The lowest BCUT2D eigenvalue weighted by atomic mass is 9.73. The van der Waals surface area contributed by atoms with Crippen molar-refractivity contribution >= 4 is 23.3 Å². The molecule has 1 atom stereocenters. The molecule has 0 amide bonds. The van der Waals surface area contributed by atoms with Crippen molar-refractivity contribution in [1.29, 1.82) is 0 Å². The lowest BCUT2D eigenvalue weighted by Gasteiger charge is -2.38. The van der Waals surface area contributed by atoms with Crippen LogP contribution < -0.4 is 5.32 Å². The second-order valence-corrected chi connectivity index (χ2v) is 9.04. The molecule has 2 aromatic carbocycles. The molecule has 0 saturated carbocycles. The zero-order valence-electron chi connectivity index (χ0n) is 16.7. The molecule has 0 bridgehead atoms. The highest BCUT2D eigenvalue weighted by atomic mass is 35.5. The molecule has 1 aromatic heterocycles. The number of allylic oxidation sites excluding steroid dienone is 2. The summed E-state index contributed by atoms with van der Waals surface area (Å²) >= 11 is 6.55. The smallest absolute Gasteiger partial charge is 0.226 e. The van der Waals surface area contributed by atoms with Crippen molar-refractivity contribution in [3.05, 3.63) is 70.4 Å². The van der Waals surface area contributed by atoms with Crippen molar-refractivity contribution in [1.82, 2.24) is 14.8 Å². The number of Topliss-reactive ketones (excluding diaryl/α,β-unsaturated/α-hetero) is 1. The predicted molar refractivity (Wildman–Crippen MR) is 115 cm³/mol. The minimum atomic E-state index is -0.452. The molecule has 1 aliphatic carbocycles. The number of carbonyl (C=O) groups is 1. The van der Waals surface area contributed by atoms with Gasteiger partial charge in [0, 0.05) is 33.8 Å². The Kier molecular flexibility index (Phi) is 4.22. The van der Waals surface area contributed by atoms with Gasteiger partial charge in [0.15, 0.2) is 11.6 Å². The number of nitrogens with zero attached hydrogens (tertiary/aromatic N) is 3. The van der Waals surface area contributed by atoms with Crippen LogP contribution in [0, 0.1) is 5.41 Å². The number of fused-ring (bicyclic) bond motifs is 1. The van der Waals surface area contributed by atoms with E-state index < -0.39 is 6.04 Å². The van der Waals surface area contributed by atoms with Crippen LogP contribution in [0.1, 0.15) is 38.3 Å². The number of nitrogens with one attached hydrogen (secondary N) is 1. The van der Waals surface area contributed by atoms with E-state index in [1.807, 2.05) is 30.3 Å².